The topological polar surface area (TPSA) is 63.3 Å². The summed E-state index contributed by atoms with van der Waals surface area (Å²) in [5.74, 6) is -1.58. The zero-order valence-electron chi connectivity index (χ0n) is 9.23. The first kappa shape index (κ1) is 12.7. The van der Waals surface area contributed by atoms with Crippen LogP contribution in [0.3, 0.4) is 0 Å². The molecule has 0 radical (unpaired) electrons. The molecule has 1 aliphatic carbocycles. The Balaban J connectivity index is 2.19. The van der Waals surface area contributed by atoms with Gasteiger partial charge in [-0.15, -0.1) is 11.8 Å². The molecule has 1 atom stereocenters. The van der Waals surface area contributed by atoms with E-state index >= 15 is 0 Å². The van der Waals surface area contributed by atoms with E-state index in [2.05, 4.69) is 0 Å². The van der Waals surface area contributed by atoms with Gasteiger partial charge in [0.1, 0.15) is 0 Å². The molecule has 0 amide bonds. The summed E-state index contributed by atoms with van der Waals surface area (Å²) in [6.07, 6.45) is 2.48. The molecule has 2 rings (SSSR count). The van der Waals surface area contributed by atoms with Crippen LogP contribution in [-0.4, -0.2) is 22.9 Å². The van der Waals surface area contributed by atoms with Gasteiger partial charge in [-0.2, -0.15) is 0 Å². The average Bonchev–Trinajstić information content (AvgIpc) is 3.06. The molecule has 0 saturated heterocycles. The van der Waals surface area contributed by atoms with Gasteiger partial charge in [0.2, 0.25) is 0 Å². The number of hydrogen-bond acceptors (Lipinski definition) is 3. The van der Waals surface area contributed by atoms with Crippen molar-refractivity contribution in [3.05, 3.63) is 28.8 Å². The molecule has 1 unspecified atom stereocenters. The molecule has 17 heavy (non-hydrogen) atoms. The number of rotatable bonds is 5. The van der Waals surface area contributed by atoms with Gasteiger partial charge in [0.15, 0.2) is 0 Å². The second-order valence-electron chi connectivity index (χ2n) is 4.13. The van der Waals surface area contributed by atoms with Crippen LogP contribution in [0.15, 0.2) is 23.1 Å². The molecule has 0 aromatic heterocycles. The van der Waals surface area contributed by atoms with Gasteiger partial charge < -0.3 is 10.8 Å². The molecule has 1 aliphatic rings. The second-order valence-corrected chi connectivity index (χ2v) is 5.88. The van der Waals surface area contributed by atoms with E-state index in [4.69, 9.17) is 22.4 Å². The van der Waals surface area contributed by atoms with Crippen molar-refractivity contribution in [3.8, 4) is 0 Å². The van der Waals surface area contributed by atoms with Crippen molar-refractivity contribution in [3.63, 3.8) is 0 Å². The van der Waals surface area contributed by atoms with E-state index in [9.17, 15) is 4.79 Å². The lowest BCUT2D eigenvalue weighted by molar-refractivity contribution is -0.138. The van der Waals surface area contributed by atoms with E-state index in [-0.39, 0.29) is 6.54 Å². The highest BCUT2D eigenvalue weighted by molar-refractivity contribution is 8.00. The highest BCUT2D eigenvalue weighted by atomic mass is 35.5. The van der Waals surface area contributed by atoms with E-state index in [0.29, 0.717) is 15.8 Å². The molecule has 0 spiro atoms. The zero-order chi connectivity index (χ0) is 12.4. The van der Waals surface area contributed by atoms with Gasteiger partial charge in [-0.25, -0.2) is 0 Å². The van der Waals surface area contributed by atoms with E-state index < -0.39 is 11.9 Å². The van der Waals surface area contributed by atoms with Crippen molar-refractivity contribution in [2.24, 2.45) is 5.73 Å². The quantitative estimate of drug-likeness (QED) is 0.864. The van der Waals surface area contributed by atoms with Gasteiger partial charge in [-0.05, 0) is 30.5 Å². The number of carboxylic acid groups (broad SMARTS) is 1. The summed E-state index contributed by atoms with van der Waals surface area (Å²) in [5, 5.41) is 10.3. The first-order chi connectivity index (χ1) is 8.11. The van der Waals surface area contributed by atoms with Gasteiger partial charge >= 0.3 is 5.97 Å². The third-order valence-electron chi connectivity index (χ3n) is 2.71. The highest BCUT2D eigenvalue weighted by Gasteiger charge is 2.24. The van der Waals surface area contributed by atoms with Gasteiger partial charge in [-0.3, -0.25) is 4.79 Å². The minimum Gasteiger partial charge on any atom is -0.481 e. The Hall–Kier alpha value is -0.710. The maximum Gasteiger partial charge on any atom is 0.312 e. The number of aliphatic carboxylic acids is 1. The van der Waals surface area contributed by atoms with Crippen molar-refractivity contribution in [1.29, 1.82) is 0 Å². The minimum atomic E-state index is -0.911. The van der Waals surface area contributed by atoms with Crippen LogP contribution in [0.2, 0.25) is 5.02 Å². The Labute approximate surface area is 109 Å². The van der Waals surface area contributed by atoms with E-state index in [1.165, 1.54) is 12.8 Å². The largest absolute Gasteiger partial charge is 0.481 e. The van der Waals surface area contributed by atoms with E-state index in [0.717, 1.165) is 4.90 Å². The molecule has 1 aromatic carbocycles. The normalized spacial score (nSPS) is 16.8. The number of carbonyl (C=O) groups is 1. The van der Waals surface area contributed by atoms with Crippen LogP contribution in [0.4, 0.5) is 0 Å². The van der Waals surface area contributed by atoms with Crippen LogP contribution in [-0.2, 0) is 4.79 Å². The molecule has 0 bridgehead atoms. The summed E-state index contributed by atoms with van der Waals surface area (Å²) in [6.45, 7) is 0.0841. The summed E-state index contributed by atoms with van der Waals surface area (Å²) in [4.78, 5) is 12.0. The van der Waals surface area contributed by atoms with Gasteiger partial charge in [0.25, 0.3) is 0 Å². The number of nitrogens with two attached hydrogens (primary N) is 1. The lowest BCUT2D eigenvalue weighted by Gasteiger charge is -2.12. The molecule has 92 valence electrons. The predicted octanol–water partition coefficient (Wildman–Crippen LogP) is 2.72. The maximum absolute atomic E-state index is 11.0. The fraction of sp³-hybridized carbons (Fsp3) is 0.417. The standard InChI is InChI=1S/C12H14ClNO2S/c13-10-5-7(9(6-14)12(15)16)1-4-11(10)17-8-2-3-8/h1,4-5,8-9H,2-3,6,14H2,(H,15,16). The van der Waals surface area contributed by atoms with Crippen molar-refractivity contribution in [1.82, 2.24) is 0 Å². The van der Waals surface area contributed by atoms with Gasteiger partial charge in [-0.1, -0.05) is 17.7 Å². The van der Waals surface area contributed by atoms with Crippen LogP contribution >= 0.6 is 23.4 Å². The SMILES string of the molecule is NCC(C(=O)O)c1ccc(SC2CC2)c(Cl)c1. The zero-order valence-corrected chi connectivity index (χ0v) is 10.8. The van der Waals surface area contributed by atoms with E-state index in [1.54, 1.807) is 17.8 Å². The lowest BCUT2D eigenvalue weighted by Crippen LogP contribution is -2.21. The second kappa shape index (κ2) is 5.29. The molecular formula is C12H14ClNO2S. The molecule has 1 fully saturated rings. The first-order valence-corrected chi connectivity index (χ1v) is 6.76. The van der Waals surface area contributed by atoms with Crippen LogP contribution in [0.25, 0.3) is 0 Å². The maximum atomic E-state index is 11.0. The number of carboxylic acids is 1. The monoisotopic (exact) mass is 271 g/mol. The fourth-order valence-corrected chi connectivity index (χ4v) is 2.95. The fourth-order valence-electron chi connectivity index (χ4n) is 1.57. The Morgan fingerprint density at radius 3 is 2.76 bits per heavy atom. The molecule has 0 heterocycles. The number of thioether (sulfide) groups is 1. The molecule has 3 N–H and O–H groups in total. The van der Waals surface area contributed by atoms with Crippen LogP contribution < -0.4 is 5.73 Å². The molecule has 0 aliphatic heterocycles. The molecule has 1 saturated carbocycles. The smallest absolute Gasteiger partial charge is 0.312 e. The van der Waals surface area contributed by atoms with Gasteiger partial charge in [0, 0.05) is 16.7 Å². The third-order valence-corrected chi connectivity index (χ3v) is 4.55. The number of hydrogen-bond donors (Lipinski definition) is 2. The van der Waals surface area contributed by atoms with Crippen LogP contribution in [0.1, 0.15) is 24.3 Å². The first-order valence-electron chi connectivity index (χ1n) is 5.50. The van der Waals surface area contributed by atoms with Crippen molar-refractivity contribution < 1.29 is 9.90 Å². The molecular weight excluding hydrogens is 258 g/mol. The average molecular weight is 272 g/mol. The van der Waals surface area contributed by atoms with E-state index in [1.807, 2.05) is 12.1 Å². The van der Waals surface area contributed by atoms with Crippen LogP contribution in [0.5, 0.6) is 0 Å². The Morgan fingerprint density at radius 1 is 1.59 bits per heavy atom. The Kier molecular flexibility index (Phi) is 3.97. The third kappa shape index (κ3) is 3.15. The summed E-state index contributed by atoms with van der Waals surface area (Å²) in [7, 11) is 0. The predicted molar refractivity (Wildman–Crippen MR) is 69.8 cm³/mol. The summed E-state index contributed by atoms with van der Waals surface area (Å²) >= 11 is 7.91. The molecule has 5 heteroatoms. The van der Waals surface area contributed by atoms with Crippen molar-refractivity contribution in [2.45, 2.75) is 28.9 Å². The highest BCUT2D eigenvalue weighted by Crippen LogP contribution is 2.42. The Morgan fingerprint density at radius 2 is 2.29 bits per heavy atom. The molecule has 3 nitrogen and oxygen atoms in total. The van der Waals surface area contributed by atoms with Crippen LogP contribution in [0, 0.1) is 0 Å². The van der Waals surface area contributed by atoms with Crippen molar-refractivity contribution in [2.75, 3.05) is 6.54 Å². The molecule has 1 aromatic rings. The summed E-state index contributed by atoms with van der Waals surface area (Å²) < 4.78 is 0. The summed E-state index contributed by atoms with van der Waals surface area (Å²) in [6, 6.07) is 5.42. The van der Waals surface area contributed by atoms with Crippen molar-refractivity contribution >= 4 is 29.3 Å². The number of halogens is 1. The summed E-state index contributed by atoms with van der Waals surface area (Å²) in [5.41, 5.74) is 6.13. The number of benzene rings is 1. The lowest BCUT2D eigenvalue weighted by atomic mass is 10.00. The van der Waals surface area contributed by atoms with Gasteiger partial charge in [0.05, 0.1) is 10.9 Å². The minimum absolute atomic E-state index is 0.0841. The Bertz CT molecular complexity index is 435.